The minimum atomic E-state index is -3.85. The SMILES string of the molecule is O=C(NCc1ccco1)C(=O)NC[C@@H](c1ccco1)S(=O)(=O)c1ccccc1. The van der Waals surface area contributed by atoms with Crippen molar-refractivity contribution in [1.29, 1.82) is 0 Å². The van der Waals surface area contributed by atoms with Gasteiger partial charge in [-0.1, -0.05) is 18.2 Å². The van der Waals surface area contributed by atoms with E-state index in [4.69, 9.17) is 8.83 Å². The highest BCUT2D eigenvalue weighted by Gasteiger charge is 2.32. The molecule has 146 valence electrons. The molecule has 0 aliphatic heterocycles. The maximum Gasteiger partial charge on any atom is 0.309 e. The fraction of sp³-hybridized carbons (Fsp3) is 0.158. The number of hydrogen-bond acceptors (Lipinski definition) is 6. The third-order valence-corrected chi connectivity index (χ3v) is 6.04. The van der Waals surface area contributed by atoms with Gasteiger partial charge < -0.3 is 19.5 Å². The molecular formula is C19H18N2O6S. The summed E-state index contributed by atoms with van der Waals surface area (Å²) in [5, 5.41) is 3.58. The van der Waals surface area contributed by atoms with E-state index in [2.05, 4.69) is 10.6 Å². The van der Waals surface area contributed by atoms with Crippen molar-refractivity contribution in [2.24, 2.45) is 0 Å². The molecule has 3 aromatic rings. The maximum absolute atomic E-state index is 13.0. The van der Waals surface area contributed by atoms with Crippen molar-refractivity contribution in [3.05, 3.63) is 78.6 Å². The summed E-state index contributed by atoms with van der Waals surface area (Å²) < 4.78 is 36.3. The highest BCUT2D eigenvalue weighted by Crippen LogP contribution is 2.28. The summed E-state index contributed by atoms with van der Waals surface area (Å²) in [5.74, 6) is -1.19. The van der Waals surface area contributed by atoms with Crippen LogP contribution < -0.4 is 10.6 Å². The molecule has 2 aromatic heterocycles. The summed E-state index contributed by atoms with van der Waals surface area (Å²) in [4.78, 5) is 24.1. The van der Waals surface area contributed by atoms with Gasteiger partial charge in [0.25, 0.3) is 0 Å². The van der Waals surface area contributed by atoms with Gasteiger partial charge in [-0.25, -0.2) is 8.42 Å². The summed E-state index contributed by atoms with van der Waals surface area (Å²) in [6.07, 6.45) is 2.80. The molecule has 2 amide bonds. The van der Waals surface area contributed by atoms with E-state index in [1.807, 2.05) is 0 Å². The third-order valence-electron chi connectivity index (χ3n) is 3.96. The Morgan fingerprint density at radius 3 is 2.18 bits per heavy atom. The lowest BCUT2D eigenvalue weighted by atomic mass is 10.3. The van der Waals surface area contributed by atoms with Gasteiger partial charge in [-0.15, -0.1) is 0 Å². The lowest BCUT2D eigenvalue weighted by Gasteiger charge is -2.16. The van der Waals surface area contributed by atoms with Crippen LogP contribution in [0, 0.1) is 0 Å². The van der Waals surface area contributed by atoms with E-state index in [0.717, 1.165) is 0 Å². The van der Waals surface area contributed by atoms with Gasteiger partial charge in [-0.05, 0) is 36.4 Å². The number of nitrogens with one attached hydrogen (secondary N) is 2. The first kappa shape index (κ1) is 19.4. The van der Waals surface area contributed by atoms with Gasteiger partial charge >= 0.3 is 11.8 Å². The number of carbonyl (C=O) groups is 2. The molecule has 0 aliphatic rings. The molecule has 2 heterocycles. The Balaban J connectivity index is 1.69. The monoisotopic (exact) mass is 402 g/mol. The summed E-state index contributed by atoms with van der Waals surface area (Å²) in [6, 6.07) is 14.2. The molecule has 0 spiro atoms. The minimum Gasteiger partial charge on any atom is -0.468 e. The largest absolute Gasteiger partial charge is 0.468 e. The highest BCUT2D eigenvalue weighted by molar-refractivity contribution is 7.91. The van der Waals surface area contributed by atoms with Crippen LogP contribution in [0.1, 0.15) is 16.8 Å². The van der Waals surface area contributed by atoms with E-state index < -0.39 is 26.9 Å². The smallest absolute Gasteiger partial charge is 0.309 e. The zero-order valence-corrected chi connectivity index (χ0v) is 15.5. The number of rotatable bonds is 7. The van der Waals surface area contributed by atoms with Crippen LogP contribution in [0.4, 0.5) is 0 Å². The molecule has 0 saturated carbocycles. The second kappa shape index (κ2) is 8.57. The van der Waals surface area contributed by atoms with Gasteiger partial charge in [-0.3, -0.25) is 9.59 Å². The lowest BCUT2D eigenvalue weighted by molar-refractivity contribution is -0.139. The van der Waals surface area contributed by atoms with Crippen LogP contribution in [0.2, 0.25) is 0 Å². The van der Waals surface area contributed by atoms with Gasteiger partial charge in [0.15, 0.2) is 9.84 Å². The molecule has 0 radical (unpaired) electrons. The quantitative estimate of drug-likeness (QED) is 0.582. The van der Waals surface area contributed by atoms with Crippen LogP contribution >= 0.6 is 0 Å². The molecule has 8 nitrogen and oxygen atoms in total. The van der Waals surface area contributed by atoms with Crippen molar-refractivity contribution in [3.8, 4) is 0 Å². The third kappa shape index (κ3) is 4.49. The normalized spacial score (nSPS) is 12.3. The fourth-order valence-electron chi connectivity index (χ4n) is 2.54. The average Bonchev–Trinajstić information content (AvgIpc) is 3.41. The molecule has 2 N–H and O–H groups in total. The summed E-state index contributed by atoms with van der Waals surface area (Å²) >= 11 is 0. The van der Waals surface area contributed by atoms with Crippen LogP contribution in [-0.2, 0) is 26.0 Å². The first-order valence-corrected chi connectivity index (χ1v) is 9.94. The van der Waals surface area contributed by atoms with Crippen LogP contribution in [0.3, 0.4) is 0 Å². The van der Waals surface area contributed by atoms with Crippen molar-refractivity contribution in [3.63, 3.8) is 0 Å². The lowest BCUT2D eigenvalue weighted by Crippen LogP contribution is -2.42. The number of furan rings is 2. The molecule has 0 fully saturated rings. The average molecular weight is 402 g/mol. The highest BCUT2D eigenvalue weighted by atomic mass is 32.2. The number of hydrogen-bond donors (Lipinski definition) is 2. The Kier molecular flexibility index (Phi) is 5.95. The van der Waals surface area contributed by atoms with Gasteiger partial charge in [0.05, 0.1) is 24.0 Å². The van der Waals surface area contributed by atoms with E-state index in [1.54, 1.807) is 36.4 Å². The van der Waals surface area contributed by atoms with E-state index in [9.17, 15) is 18.0 Å². The number of benzene rings is 1. The van der Waals surface area contributed by atoms with E-state index in [0.29, 0.717) is 5.76 Å². The van der Waals surface area contributed by atoms with Crippen molar-refractivity contribution in [1.82, 2.24) is 10.6 Å². The molecule has 1 atom stereocenters. The van der Waals surface area contributed by atoms with Gasteiger partial charge in [-0.2, -0.15) is 0 Å². The Bertz CT molecular complexity index is 1010. The van der Waals surface area contributed by atoms with Crippen molar-refractivity contribution in [2.45, 2.75) is 16.7 Å². The predicted molar refractivity (Wildman–Crippen MR) is 98.6 cm³/mol. The molecule has 0 bridgehead atoms. The summed E-state index contributed by atoms with van der Waals surface area (Å²) in [7, 11) is -3.85. The first-order chi connectivity index (χ1) is 13.5. The van der Waals surface area contributed by atoms with E-state index in [-0.39, 0.29) is 23.7 Å². The van der Waals surface area contributed by atoms with Gasteiger partial charge in [0.2, 0.25) is 0 Å². The number of sulfone groups is 1. The Hall–Kier alpha value is -3.33. The topological polar surface area (TPSA) is 119 Å². The van der Waals surface area contributed by atoms with Crippen molar-refractivity contribution < 1.29 is 26.8 Å². The standard InChI is InChI=1S/C19H18N2O6S/c22-18(20-12-14-6-4-10-26-14)19(23)21-13-17(16-9-5-11-27-16)28(24,25)15-7-2-1-3-8-15/h1-11,17H,12-13H2,(H,20,22)(H,21,23)/t17-/m0/s1. The molecular weight excluding hydrogens is 384 g/mol. The molecule has 0 unspecified atom stereocenters. The second-order valence-electron chi connectivity index (χ2n) is 5.83. The molecule has 0 aliphatic carbocycles. The first-order valence-electron chi connectivity index (χ1n) is 8.39. The summed E-state index contributed by atoms with van der Waals surface area (Å²) in [6.45, 7) is -0.277. The Morgan fingerprint density at radius 2 is 1.54 bits per heavy atom. The van der Waals surface area contributed by atoms with Gasteiger partial charge in [0, 0.05) is 6.54 Å². The maximum atomic E-state index is 13.0. The Morgan fingerprint density at radius 1 is 0.857 bits per heavy atom. The van der Waals surface area contributed by atoms with Crippen LogP contribution in [-0.4, -0.2) is 26.8 Å². The van der Waals surface area contributed by atoms with Gasteiger partial charge in [0.1, 0.15) is 16.8 Å². The molecule has 28 heavy (non-hydrogen) atoms. The molecule has 9 heteroatoms. The van der Waals surface area contributed by atoms with Crippen LogP contribution in [0.15, 0.2) is 80.9 Å². The number of carbonyl (C=O) groups excluding carboxylic acids is 2. The van der Waals surface area contributed by atoms with Crippen molar-refractivity contribution >= 4 is 21.7 Å². The predicted octanol–water partition coefficient (Wildman–Crippen LogP) is 1.82. The Labute approximate surface area is 161 Å². The van der Waals surface area contributed by atoms with E-state index in [1.165, 1.54) is 30.7 Å². The molecule has 1 aromatic carbocycles. The van der Waals surface area contributed by atoms with E-state index >= 15 is 0 Å². The van der Waals surface area contributed by atoms with Crippen LogP contribution in [0.5, 0.6) is 0 Å². The zero-order valence-electron chi connectivity index (χ0n) is 14.7. The molecule has 3 rings (SSSR count). The summed E-state index contributed by atoms with van der Waals surface area (Å²) in [5.41, 5.74) is 0. The second-order valence-corrected chi connectivity index (χ2v) is 7.96. The minimum absolute atomic E-state index is 0.0448. The zero-order chi connectivity index (χ0) is 20.0. The van der Waals surface area contributed by atoms with Crippen molar-refractivity contribution in [2.75, 3.05) is 6.54 Å². The fourth-order valence-corrected chi connectivity index (χ4v) is 4.15. The van der Waals surface area contributed by atoms with Crippen LogP contribution in [0.25, 0.3) is 0 Å². The number of amides is 2. The molecule has 0 saturated heterocycles.